The number of carbonyl (C=O) groups is 2. The first-order valence-corrected chi connectivity index (χ1v) is 3.05. The maximum atomic E-state index is 10.1. The van der Waals surface area contributed by atoms with Gasteiger partial charge in [-0.3, -0.25) is 4.79 Å². The number of rotatable bonds is 5. The van der Waals surface area contributed by atoms with E-state index in [-0.39, 0.29) is 13.0 Å². The molecule has 0 bridgehead atoms. The summed E-state index contributed by atoms with van der Waals surface area (Å²) in [6.45, 7) is 1.75. The molecule has 4 nitrogen and oxygen atoms in total. The van der Waals surface area contributed by atoms with E-state index < -0.39 is 6.23 Å². The number of carbonyl (C=O) groups excluding carboxylic acids is 2. The highest BCUT2D eigenvalue weighted by molar-refractivity contribution is 5.52. The lowest BCUT2D eigenvalue weighted by molar-refractivity contribution is -0.126. The predicted molar refractivity (Wildman–Crippen MR) is 35.1 cm³/mol. The molecule has 0 aliphatic heterocycles. The Bertz CT molecular complexity index is 114. The normalized spacial score (nSPS) is 12.2. The van der Waals surface area contributed by atoms with Crippen LogP contribution in [0.3, 0.4) is 0 Å². The highest BCUT2D eigenvalue weighted by atomic mass is 16.3. The van der Waals surface area contributed by atoms with Crippen LogP contribution in [-0.4, -0.2) is 35.5 Å². The number of amides is 1. The fraction of sp³-hybridized carbons (Fsp3) is 0.667. The fourth-order valence-corrected chi connectivity index (χ4v) is 0.529. The van der Waals surface area contributed by atoms with Crippen LogP contribution in [0.4, 0.5) is 0 Å². The first kappa shape index (κ1) is 9.10. The van der Waals surface area contributed by atoms with Crippen molar-refractivity contribution in [1.82, 2.24) is 4.90 Å². The Balaban J connectivity index is 3.59. The number of hydrogen-bond acceptors (Lipinski definition) is 3. The van der Waals surface area contributed by atoms with Crippen LogP contribution in [-0.2, 0) is 9.59 Å². The minimum absolute atomic E-state index is 0.268. The Morgan fingerprint density at radius 3 is 2.50 bits per heavy atom. The lowest BCUT2D eigenvalue weighted by atomic mass is 10.4. The van der Waals surface area contributed by atoms with Crippen LogP contribution in [0.2, 0.25) is 0 Å². The van der Waals surface area contributed by atoms with Crippen molar-refractivity contribution in [3.63, 3.8) is 0 Å². The van der Waals surface area contributed by atoms with Gasteiger partial charge in [-0.05, 0) is 6.92 Å². The number of hydrogen-bond donors (Lipinski definition) is 1. The van der Waals surface area contributed by atoms with Crippen molar-refractivity contribution in [2.75, 3.05) is 6.54 Å². The zero-order valence-corrected chi connectivity index (χ0v) is 5.86. The molecule has 1 unspecified atom stereocenters. The Labute approximate surface area is 59.4 Å². The Hall–Kier alpha value is -0.900. The zero-order valence-electron chi connectivity index (χ0n) is 5.86. The van der Waals surface area contributed by atoms with Gasteiger partial charge in [0.2, 0.25) is 6.41 Å². The lowest BCUT2D eigenvalue weighted by Gasteiger charge is -2.18. The van der Waals surface area contributed by atoms with Gasteiger partial charge in [0.25, 0.3) is 0 Å². The van der Waals surface area contributed by atoms with Crippen LogP contribution >= 0.6 is 0 Å². The van der Waals surface area contributed by atoms with E-state index in [1.54, 1.807) is 0 Å². The van der Waals surface area contributed by atoms with Crippen LogP contribution in [0, 0.1) is 0 Å². The molecule has 0 aromatic rings. The summed E-state index contributed by atoms with van der Waals surface area (Å²) in [6, 6.07) is 0. The molecular formula is C6H11NO3. The molecule has 0 aromatic carbocycles. The SMILES string of the molecule is CC(O)N(C=O)CCC=O. The standard InChI is InChI=1S/C6H11NO3/c1-6(10)7(5-9)3-2-4-8/h4-6,10H,2-3H2,1H3. The second-order valence-electron chi connectivity index (χ2n) is 1.93. The quantitative estimate of drug-likeness (QED) is 0.414. The second-order valence-corrected chi connectivity index (χ2v) is 1.93. The molecule has 0 saturated carbocycles. The molecule has 10 heavy (non-hydrogen) atoms. The summed E-state index contributed by atoms with van der Waals surface area (Å²) in [5.74, 6) is 0. The minimum Gasteiger partial charge on any atom is -0.374 e. The van der Waals surface area contributed by atoms with Gasteiger partial charge in [0.1, 0.15) is 12.5 Å². The molecule has 0 radical (unpaired) electrons. The maximum absolute atomic E-state index is 10.1. The third-order valence-corrected chi connectivity index (χ3v) is 1.12. The highest BCUT2D eigenvalue weighted by Gasteiger charge is 2.05. The molecule has 0 rings (SSSR count). The first-order valence-electron chi connectivity index (χ1n) is 3.05. The average Bonchev–Trinajstić information content (AvgIpc) is 1.89. The van der Waals surface area contributed by atoms with Crippen molar-refractivity contribution in [1.29, 1.82) is 0 Å². The maximum Gasteiger partial charge on any atom is 0.211 e. The molecule has 0 fully saturated rings. The van der Waals surface area contributed by atoms with E-state index in [1.165, 1.54) is 6.92 Å². The Kier molecular flexibility index (Phi) is 4.49. The summed E-state index contributed by atoms with van der Waals surface area (Å²) < 4.78 is 0. The summed E-state index contributed by atoms with van der Waals surface area (Å²) >= 11 is 0. The Morgan fingerprint density at radius 2 is 2.20 bits per heavy atom. The zero-order chi connectivity index (χ0) is 7.98. The molecule has 58 valence electrons. The van der Waals surface area contributed by atoms with E-state index in [0.29, 0.717) is 12.7 Å². The average molecular weight is 145 g/mol. The second kappa shape index (κ2) is 4.93. The molecule has 1 atom stereocenters. The molecule has 1 amide bonds. The Morgan fingerprint density at radius 1 is 1.60 bits per heavy atom. The number of aliphatic hydroxyl groups excluding tert-OH is 1. The van der Waals surface area contributed by atoms with Crippen molar-refractivity contribution in [3.8, 4) is 0 Å². The topological polar surface area (TPSA) is 57.6 Å². The highest BCUT2D eigenvalue weighted by Crippen LogP contribution is 1.90. The number of aldehydes is 1. The molecule has 4 heteroatoms. The van der Waals surface area contributed by atoms with E-state index in [4.69, 9.17) is 5.11 Å². The fourth-order valence-electron chi connectivity index (χ4n) is 0.529. The van der Waals surface area contributed by atoms with E-state index in [0.717, 1.165) is 4.90 Å². The van der Waals surface area contributed by atoms with E-state index >= 15 is 0 Å². The molecule has 1 N–H and O–H groups in total. The summed E-state index contributed by atoms with van der Waals surface area (Å²) in [5.41, 5.74) is 0. The van der Waals surface area contributed by atoms with Crippen molar-refractivity contribution in [3.05, 3.63) is 0 Å². The largest absolute Gasteiger partial charge is 0.374 e. The van der Waals surface area contributed by atoms with E-state index in [1.807, 2.05) is 0 Å². The van der Waals surface area contributed by atoms with E-state index in [9.17, 15) is 9.59 Å². The van der Waals surface area contributed by atoms with Crippen molar-refractivity contribution in [2.45, 2.75) is 19.6 Å². The lowest BCUT2D eigenvalue weighted by Crippen LogP contribution is -2.32. The summed E-state index contributed by atoms with van der Waals surface area (Å²) in [5, 5.41) is 8.82. The monoisotopic (exact) mass is 145 g/mol. The van der Waals surface area contributed by atoms with Gasteiger partial charge in [-0.15, -0.1) is 0 Å². The van der Waals surface area contributed by atoms with Gasteiger partial charge < -0.3 is 14.8 Å². The third-order valence-electron chi connectivity index (χ3n) is 1.12. The number of nitrogens with zero attached hydrogens (tertiary/aromatic N) is 1. The van der Waals surface area contributed by atoms with Gasteiger partial charge in [0.05, 0.1) is 0 Å². The van der Waals surface area contributed by atoms with Gasteiger partial charge in [0, 0.05) is 13.0 Å². The molecule has 0 aromatic heterocycles. The van der Waals surface area contributed by atoms with Crippen molar-refractivity contribution in [2.24, 2.45) is 0 Å². The van der Waals surface area contributed by atoms with E-state index in [2.05, 4.69) is 0 Å². The van der Waals surface area contributed by atoms with Crippen LogP contribution < -0.4 is 0 Å². The van der Waals surface area contributed by atoms with Crippen LogP contribution in [0.25, 0.3) is 0 Å². The summed E-state index contributed by atoms with van der Waals surface area (Å²) in [7, 11) is 0. The number of aliphatic hydroxyl groups is 1. The molecule has 0 spiro atoms. The van der Waals surface area contributed by atoms with Crippen LogP contribution in [0.1, 0.15) is 13.3 Å². The van der Waals surface area contributed by atoms with Gasteiger partial charge in [-0.1, -0.05) is 0 Å². The summed E-state index contributed by atoms with van der Waals surface area (Å²) in [6.07, 6.45) is 0.689. The third kappa shape index (κ3) is 3.19. The molecule has 0 aliphatic carbocycles. The smallest absolute Gasteiger partial charge is 0.211 e. The van der Waals surface area contributed by atoms with Crippen LogP contribution in [0.5, 0.6) is 0 Å². The van der Waals surface area contributed by atoms with Gasteiger partial charge in [-0.25, -0.2) is 0 Å². The molecule has 0 aliphatic rings. The minimum atomic E-state index is -0.808. The van der Waals surface area contributed by atoms with Gasteiger partial charge in [0.15, 0.2) is 0 Å². The van der Waals surface area contributed by atoms with Gasteiger partial charge in [-0.2, -0.15) is 0 Å². The molecular weight excluding hydrogens is 134 g/mol. The van der Waals surface area contributed by atoms with Crippen molar-refractivity contribution < 1.29 is 14.7 Å². The predicted octanol–water partition coefficient (Wildman–Crippen LogP) is -0.628. The first-order chi connectivity index (χ1) is 4.72. The van der Waals surface area contributed by atoms with Crippen LogP contribution in [0.15, 0.2) is 0 Å². The van der Waals surface area contributed by atoms with Crippen molar-refractivity contribution >= 4 is 12.7 Å². The molecule has 0 heterocycles. The molecule has 0 saturated heterocycles. The van der Waals surface area contributed by atoms with Gasteiger partial charge >= 0.3 is 0 Å². The summed E-state index contributed by atoms with van der Waals surface area (Å²) in [4.78, 5) is 21.1.